The predicted octanol–water partition coefficient (Wildman–Crippen LogP) is 2.43. The highest BCUT2D eigenvalue weighted by Gasteiger charge is 2.37. The molecule has 2 aliphatic rings. The number of fused-ring (bicyclic) bond motifs is 4. The van der Waals surface area contributed by atoms with Gasteiger partial charge in [-0.3, -0.25) is 0 Å². The molecule has 3 rings (SSSR count). The van der Waals surface area contributed by atoms with Crippen LogP contribution in [0.2, 0.25) is 0 Å². The Morgan fingerprint density at radius 2 is 2.14 bits per heavy atom. The summed E-state index contributed by atoms with van der Waals surface area (Å²) in [6, 6.07) is 6.14. The number of hydrogen-bond donors (Lipinski definition) is 2. The molecule has 0 saturated carbocycles. The lowest BCUT2D eigenvalue weighted by Crippen LogP contribution is -2.27. The number of rotatable bonds is 0. The first kappa shape index (κ1) is 7.80. The van der Waals surface area contributed by atoms with E-state index in [1.807, 2.05) is 12.1 Å². The van der Waals surface area contributed by atoms with Crippen LogP contribution < -0.4 is 5.73 Å². The highest BCUT2D eigenvalue weighted by Crippen LogP contribution is 2.51. The zero-order valence-electron chi connectivity index (χ0n) is 7.83. The first-order valence-electron chi connectivity index (χ1n) is 4.90. The van der Waals surface area contributed by atoms with Gasteiger partial charge in [-0.1, -0.05) is 12.1 Å². The average molecular weight is 184 g/mol. The van der Waals surface area contributed by atoms with Crippen molar-refractivity contribution >= 4 is 11.4 Å². The molecule has 2 unspecified atom stereocenters. The third-order valence-corrected chi connectivity index (χ3v) is 3.25. The van der Waals surface area contributed by atoms with E-state index in [1.54, 1.807) is 0 Å². The van der Waals surface area contributed by atoms with Gasteiger partial charge in [-0.05, 0) is 35.8 Å². The summed E-state index contributed by atoms with van der Waals surface area (Å²) in [5.41, 5.74) is 10.1. The fourth-order valence-electron chi connectivity index (χ4n) is 2.53. The second-order valence-corrected chi connectivity index (χ2v) is 4.11. The largest absolute Gasteiger partial charge is 0.399 e. The standard InChI is InChI=1S/C12H12N2/c13-7-1-3-9-10-4-2-8(14)6-12(10)11(9)5-7/h1-5,10,12,14H,6,13H2. The molecular weight excluding hydrogens is 172 g/mol. The summed E-state index contributed by atoms with van der Waals surface area (Å²) in [6.45, 7) is 0. The van der Waals surface area contributed by atoms with E-state index in [1.165, 1.54) is 11.1 Å². The number of nitrogens with one attached hydrogen (secondary N) is 1. The van der Waals surface area contributed by atoms with E-state index >= 15 is 0 Å². The SMILES string of the molecule is N=C1C=CC2c3ccc(N)cc3C2C1. The summed E-state index contributed by atoms with van der Waals surface area (Å²) in [5.74, 6) is 1.06. The number of hydrogen-bond acceptors (Lipinski definition) is 2. The van der Waals surface area contributed by atoms with E-state index in [0.717, 1.165) is 17.8 Å². The molecule has 14 heavy (non-hydrogen) atoms. The number of benzene rings is 1. The predicted molar refractivity (Wildman–Crippen MR) is 57.8 cm³/mol. The molecule has 3 N–H and O–H groups in total. The third kappa shape index (κ3) is 0.882. The molecule has 0 aliphatic heterocycles. The molecule has 0 radical (unpaired) electrons. The normalized spacial score (nSPS) is 27.9. The van der Waals surface area contributed by atoms with Gasteiger partial charge < -0.3 is 11.1 Å². The summed E-state index contributed by atoms with van der Waals surface area (Å²) in [5, 5.41) is 7.62. The highest BCUT2D eigenvalue weighted by molar-refractivity contribution is 5.95. The molecule has 2 heteroatoms. The van der Waals surface area contributed by atoms with Gasteiger partial charge in [-0.15, -0.1) is 0 Å². The Kier molecular flexibility index (Phi) is 1.38. The Bertz CT molecular complexity index is 446. The van der Waals surface area contributed by atoms with Crippen LogP contribution in [0.3, 0.4) is 0 Å². The van der Waals surface area contributed by atoms with E-state index in [4.69, 9.17) is 11.1 Å². The van der Waals surface area contributed by atoms with Crippen LogP contribution in [0, 0.1) is 5.41 Å². The highest BCUT2D eigenvalue weighted by atomic mass is 14.6. The van der Waals surface area contributed by atoms with E-state index < -0.39 is 0 Å². The van der Waals surface area contributed by atoms with Gasteiger partial charge in [0.2, 0.25) is 0 Å². The van der Waals surface area contributed by atoms with Gasteiger partial charge in [-0.25, -0.2) is 0 Å². The first-order chi connectivity index (χ1) is 6.75. The maximum atomic E-state index is 7.62. The second kappa shape index (κ2) is 2.47. The maximum absolute atomic E-state index is 7.62. The number of nitrogens with two attached hydrogens (primary N) is 1. The van der Waals surface area contributed by atoms with E-state index in [9.17, 15) is 0 Å². The van der Waals surface area contributed by atoms with Gasteiger partial charge in [0, 0.05) is 23.2 Å². The maximum Gasteiger partial charge on any atom is 0.0317 e. The molecule has 0 fully saturated rings. The molecule has 2 nitrogen and oxygen atoms in total. The van der Waals surface area contributed by atoms with Crippen LogP contribution in [0.5, 0.6) is 0 Å². The zero-order valence-corrected chi connectivity index (χ0v) is 7.83. The lowest BCUT2D eigenvalue weighted by atomic mass is 9.63. The topological polar surface area (TPSA) is 49.9 Å². The van der Waals surface area contributed by atoms with Crippen LogP contribution in [0.15, 0.2) is 30.4 Å². The van der Waals surface area contributed by atoms with Gasteiger partial charge in [0.15, 0.2) is 0 Å². The Balaban J connectivity index is 2.09. The van der Waals surface area contributed by atoms with Gasteiger partial charge >= 0.3 is 0 Å². The Hall–Kier alpha value is -1.57. The van der Waals surface area contributed by atoms with Crippen molar-refractivity contribution in [1.82, 2.24) is 0 Å². The number of anilines is 1. The second-order valence-electron chi connectivity index (χ2n) is 4.11. The van der Waals surface area contributed by atoms with E-state index in [0.29, 0.717) is 11.8 Å². The molecule has 0 bridgehead atoms. The summed E-state index contributed by atoms with van der Waals surface area (Å²) < 4.78 is 0. The Morgan fingerprint density at radius 3 is 3.00 bits per heavy atom. The Morgan fingerprint density at radius 1 is 1.29 bits per heavy atom. The summed E-state index contributed by atoms with van der Waals surface area (Å²) >= 11 is 0. The van der Waals surface area contributed by atoms with Crippen molar-refractivity contribution in [3.8, 4) is 0 Å². The molecule has 0 amide bonds. The fourth-order valence-corrected chi connectivity index (χ4v) is 2.53. The van der Waals surface area contributed by atoms with Gasteiger partial charge in [0.1, 0.15) is 0 Å². The van der Waals surface area contributed by atoms with E-state index in [-0.39, 0.29) is 0 Å². The average Bonchev–Trinajstić information content (AvgIpc) is 2.17. The number of allylic oxidation sites excluding steroid dienone is 2. The van der Waals surface area contributed by atoms with Crippen molar-refractivity contribution < 1.29 is 0 Å². The molecule has 0 saturated heterocycles. The quantitative estimate of drug-likeness (QED) is 0.598. The molecule has 0 spiro atoms. The smallest absolute Gasteiger partial charge is 0.0317 e. The summed E-state index contributed by atoms with van der Waals surface area (Å²) in [7, 11) is 0. The van der Waals surface area contributed by atoms with Crippen molar-refractivity contribution in [2.24, 2.45) is 0 Å². The lowest BCUT2D eigenvalue weighted by molar-refractivity contribution is 0.552. The van der Waals surface area contributed by atoms with Crippen LogP contribution >= 0.6 is 0 Å². The van der Waals surface area contributed by atoms with Crippen LogP contribution in [0.4, 0.5) is 5.69 Å². The molecule has 70 valence electrons. The fraction of sp³-hybridized carbons (Fsp3) is 0.250. The van der Waals surface area contributed by atoms with Crippen LogP contribution in [0.1, 0.15) is 29.4 Å². The van der Waals surface area contributed by atoms with E-state index in [2.05, 4.69) is 18.2 Å². The molecular formula is C12H12N2. The minimum absolute atomic E-state index is 0.519. The number of nitrogen functional groups attached to an aromatic ring is 1. The zero-order chi connectivity index (χ0) is 9.71. The van der Waals surface area contributed by atoms with Crippen molar-refractivity contribution in [3.05, 3.63) is 41.5 Å². The molecule has 0 heterocycles. The summed E-state index contributed by atoms with van der Waals surface area (Å²) in [6.07, 6.45) is 4.95. The van der Waals surface area contributed by atoms with Crippen molar-refractivity contribution in [3.63, 3.8) is 0 Å². The minimum Gasteiger partial charge on any atom is -0.399 e. The third-order valence-electron chi connectivity index (χ3n) is 3.25. The van der Waals surface area contributed by atoms with Gasteiger partial charge in [0.05, 0.1) is 0 Å². The molecule has 2 aliphatic carbocycles. The first-order valence-corrected chi connectivity index (χ1v) is 4.90. The van der Waals surface area contributed by atoms with Gasteiger partial charge in [0.25, 0.3) is 0 Å². The van der Waals surface area contributed by atoms with Crippen molar-refractivity contribution in [2.75, 3.05) is 5.73 Å². The Labute approximate surface area is 82.9 Å². The van der Waals surface area contributed by atoms with Crippen LogP contribution in [-0.4, -0.2) is 5.71 Å². The van der Waals surface area contributed by atoms with Crippen LogP contribution in [0.25, 0.3) is 0 Å². The summed E-state index contributed by atoms with van der Waals surface area (Å²) in [4.78, 5) is 0. The lowest BCUT2D eigenvalue weighted by Gasteiger charge is -2.40. The molecule has 0 aromatic heterocycles. The van der Waals surface area contributed by atoms with Crippen molar-refractivity contribution in [1.29, 1.82) is 5.41 Å². The van der Waals surface area contributed by atoms with Crippen LogP contribution in [-0.2, 0) is 0 Å². The molecule has 1 aromatic carbocycles. The monoisotopic (exact) mass is 184 g/mol. The van der Waals surface area contributed by atoms with Gasteiger partial charge in [-0.2, -0.15) is 0 Å². The molecule has 1 aromatic rings. The molecule has 2 atom stereocenters. The minimum atomic E-state index is 0.519. The van der Waals surface area contributed by atoms with Crippen molar-refractivity contribution in [2.45, 2.75) is 18.3 Å².